The van der Waals surface area contributed by atoms with Crippen LogP contribution in [0.3, 0.4) is 0 Å². The van der Waals surface area contributed by atoms with Crippen LogP contribution >= 0.6 is 0 Å². The molecule has 0 radical (unpaired) electrons. The van der Waals surface area contributed by atoms with E-state index in [4.69, 9.17) is 5.73 Å². The van der Waals surface area contributed by atoms with Gasteiger partial charge in [0.2, 0.25) is 0 Å². The number of nitrogens with zero attached hydrogens (tertiary/aromatic N) is 2. The van der Waals surface area contributed by atoms with E-state index in [-0.39, 0.29) is 5.54 Å². The molecule has 0 amide bonds. The minimum atomic E-state index is -0.258. The van der Waals surface area contributed by atoms with Gasteiger partial charge in [0.15, 0.2) is 0 Å². The van der Waals surface area contributed by atoms with Crippen molar-refractivity contribution in [2.75, 3.05) is 0 Å². The van der Waals surface area contributed by atoms with Crippen LogP contribution in [0.15, 0.2) is 12.4 Å². The molecule has 3 nitrogen and oxygen atoms in total. The molecule has 0 aromatic carbocycles. The summed E-state index contributed by atoms with van der Waals surface area (Å²) in [7, 11) is 0. The zero-order chi connectivity index (χ0) is 10.0. The monoisotopic (exact) mass is 191 g/mol. The van der Waals surface area contributed by atoms with Gasteiger partial charge in [-0.3, -0.25) is 0 Å². The summed E-state index contributed by atoms with van der Waals surface area (Å²) in [5.41, 5.74) is 7.14. The molecule has 2 N–H and O–H groups in total. The molecule has 0 saturated heterocycles. The zero-order valence-corrected chi connectivity index (χ0v) is 8.66. The fraction of sp³-hybridized carbons (Fsp3) is 0.636. The normalized spacial score (nSPS) is 20.7. The maximum absolute atomic E-state index is 6.31. The van der Waals surface area contributed by atoms with Crippen molar-refractivity contribution in [3.05, 3.63) is 23.8 Å². The molecule has 14 heavy (non-hydrogen) atoms. The van der Waals surface area contributed by atoms with E-state index in [0.29, 0.717) is 0 Å². The second-order valence-electron chi connectivity index (χ2n) is 4.30. The molecule has 3 heteroatoms. The molecule has 1 fully saturated rings. The summed E-state index contributed by atoms with van der Waals surface area (Å²) >= 11 is 0. The van der Waals surface area contributed by atoms with E-state index >= 15 is 0 Å². The molecule has 0 aliphatic heterocycles. The minimum absolute atomic E-state index is 0.258. The van der Waals surface area contributed by atoms with E-state index in [1.165, 1.54) is 19.3 Å². The number of rotatable bonds is 1. The maximum Gasteiger partial charge on any atom is 0.148 e. The highest BCUT2D eigenvalue weighted by Gasteiger charge is 2.31. The first kappa shape index (κ1) is 9.59. The molecule has 1 heterocycles. The number of hydrogen-bond acceptors (Lipinski definition) is 3. The van der Waals surface area contributed by atoms with Crippen LogP contribution in [-0.2, 0) is 5.54 Å². The van der Waals surface area contributed by atoms with Crippen molar-refractivity contribution < 1.29 is 0 Å². The smallest absolute Gasteiger partial charge is 0.148 e. The highest BCUT2D eigenvalue weighted by molar-refractivity contribution is 5.10. The lowest BCUT2D eigenvalue weighted by molar-refractivity contribution is 0.287. The molecule has 1 aliphatic carbocycles. The molecule has 0 atom stereocenters. The Morgan fingerprint density at radius 3 is 2.29 bits per heavy atom. The van der Waals surface area contributed by atoms with Crippen LogP contribution in [0.5, 0.6) is 0 Å². The Balaban J connectivity index is 2.23. The summed E-state index contributed by atoms with van der Waals surface area (Å²) in [5.74, 6) is 0.822. The largest absolute Gasteiger partial charge is 0.319 e. The molecule has 1 saturated carbocycles. The molecule has 1 aromatic heterocycles. The summed E-state index contributed by atoms with van der Waals surface area (Å²) in [5, 5.41) is 0. The summed E-state index contributed by atoms with van der Waals surface area (Å²) in [6, 6.07) is 0. The molecule has 0 spiro atoms. The lowest BCUT2D eigenvalue weighted by atomic mass is 9.82. The Morgan fingerprint density at radius 2 is 1.71 bits per heavy atom. The van der Waals surface area contributed by atoms with Crippen molar-refractivity contribution in [2.24, 2.45) is 5.73 Å². The van der Waals surface area contributed by atoms with Gasteiger partial charge < -0.3 is 5.73 Å². The van der Waals surface area contributed by atoms with Crippen LogP contribution in [-0.4, -0.2) is 9.97 Å². The third-order valence-corrected chi connectivity index (χ3v) is 2.97. The highest BCUT2D eigenvalue weighted by Crippen LogP contribution is 2.32. The Labute approximate surface area is 84.8 Å². The molecule has 0 bridgehead atoms. The molecule has 2 rings (SSSR count). The molecule has 0 unspecified atom stereocenters. The number of nitrogens with two attached hydrogens (primary N) is 1. The van der Waals surface area contributed by atoms with E-state index in [9.17, 15) is 0 Å². The van der Waals surface area contributed by atoms with Crippen LogP contribution in [0.1, 0.15) is 43.5 Å². The van der Waals surface area contributed by atoms with Crippen molar-refractivity contribution >= 4 is 0 Å². The standard InChI is InChI=1S/C11H17N3/c1-9-7-13-10(14-8-9)11(12)5-3-2-4-6-11/h7-8H,2-6,12H2,1H3. The molecule has 1 aliphatic rings. The van der Waals surface area contributed by atoms with Crippen LogP contribution < -0.4 is 5.73 Å². The maximum atomic E-state index is 6.31. The van der Waals surface area contributed by atoms with Crippen molar-refractivity contribution in [1.29, 1.82) is 0 Å². The van der Waals surface area contributed by atoms with Crippen LogP contribution in [0, 0.1) is 6.92 Å². The highest BCUT2D eigenvalue weighted by atomic mass is 15.0. The van der Waals surface area contributed by atoms with E-state index in [1.807, 2.05) is 19.3 Å². The van der Waals surface area contributed by atoms with Gasteiger partial charge in [-0.25, -0.2) is 9.97 Å². The molecular formula is C11H17N3. The van der Waals surface area contributed by atoms with Gasteiger partial charge in [-0.2, -0.15) is 0 Å². The van der Waals surface area contributed by atoms with E-state index in [1.54, 1.807) is 0 Å². The number of aromatic nitrogens is 2. The van der Waals surface area contributed by atoms with Crippen LogP contribution in [0.2, 0.25) is 0 Å². The Hall–Kier alpha value is -0.960. The second kappa shape index (κ2) is 3.65. The van der Waals surface area contributed by atoms with Gasteiger partial charge in [-0.1, -0.05) is 19.3 Å². The first-order valence-electron chi connectivity index (χ1n) is 5.29. The van der Waals surface area contributed by atoms with Gasteiger partial charge in [0.25, 0.3) is 0 Å². The summed E-state index contributed by atoms with van der Waals surface area (Å²) in [6.45, 7) is 1.99. The SMILES string of the molecule is Cc1cnc(C2(N)CCCCC2)nc1. The van der Waals surface area contributed by atoms with Gasteiger partial charge >= 0.3 is 0 Å². The Morgan fingerprint density at radius 1 is 1.14 bits per heavy atom. The lowest BCUT2D eigenvalue weighted by Crippen LogP contribution is -2.40. The average Bonchev–Trinajstić information content (AvgIpc) is 2.19. The molecular weight excluding hydrogens is 174 g/mol. The van der Waals surface area contributed by atoms with Gasteiger partial charge in [0.05, 0.1) is 5.54 Å². The van der Waals surface area contributed by atoms with Crippen molar-refractivity contribution in [3.63, 3.8) is 0 Å². The zero-order valence-electron chi connectivity index (χ0n) is 8.66. The summed E-state index contributed by atoms with van der Waals surface area (Å²) in [6.07, 6.45) is 9.45. The van der Waals surface area contributed by atoms with Crippen molar-refractivity contribution in [2.45, 2.75) is 44.6 Å². The first-order chi connectivity index (χ1) is 6.71. The van der Waals surface area contributed by atoms with Crippen LogP contribution in [0.25, 0.3) is 0 Å². The third-order valence-electron chi connectivity index (χ3n) is 2.97. The molecule has 1 aromatic rings. The van der Waals surface area contributed by atoms with Gasteiger partial charge in [0, 0.05) is 12.4 Å². The lowest BCUT2D eigenvalue weighted by Gasteiger charge is -2.31. The van der Waals surface area contributed by atoms with E-state index in [2.05, 4.69) is 9.97 Å². The first-order valence-corrected chi connectivity index (χ1v) is 5.29. The minimum Gasteiger partial charge on any atom is -0.319 e. The van der Waals surface area contributed by atoms with E-state index < -0.39 is 0 Å². The van der Waals surface area contributed by atoms with Gasteiger partial charge in [-0.05, 0) is 25.3 Å². The van der Waals surface area contributed by atoms with Gasteiger partial charge in [0.1, 0.15) is 5.82 Å². The summed E-state index contributed by atoms with van der Waals surface area (Å²) < 4.78 is 0. The van der Waals surface area contributed by atoms with Crippen molar-refractivity contribution in [3.8, 4) is 0 Å². The number of hydrogen-bond donors (Lipinski definition) is 1. The van der Waals surface area contributed by atoms with Gasteiger partial charge in [-0.15, -0.1) is 0 Å². The molecule has 76 valence electrons. The summed E-state index contributed by atoms with van der Waals surface area (Å²) in [4.78, 5) is 8.68. The Kier molecular flexibility index (Phi) is 2.50. The van der Waals surface area contributed by atoms with E-state index in [0.717, 1.165) is 24.2 Å². The number of aryl methyl sites for hydroxylation is 1. The fourth-order valence-corrected chi connectivity index (χ4v) is 2.06. The average molecular weight is 191 g/mol. The second-order valence-corrected chi connectivity index (χ2v) is 4.30. The van der Waals surface area contributed by atoms with Crippen LogP contribution in [0.4, 0.5) is 0 Å². The quantitative estimate of drug-likeness (QED) is 0.737. The fourth-order valence-electron chi connectivity index (χ4n) is 2.06. The van der Waals surface area contributed by atoms with Crippen molar-refractivity contribution in [1.82, 2.24) is 9.97 Å². The predicted octanol–water partition coefficient (Wildman–Crippen LogP) is 1.90. The Bertz CT molecular complexity index is 299. The third kappa shape index (κ3) is 1.77. The predicted molar refractivity (Wildman–Crippen MR) is 55.7 cm³/mol. The topological polar surface area (TPSA) is 51.8 Å².